The van der Waals surface area contributed by atoms with Gasteiger partial charge in [0.25, 0.3) is 5.91 Å². The van der Waals surface area contributed by atoms with Crippen LogP contribution in [-0.2, 0) is 14.4 Å². The summed E-state index contributed by atoms with van der Waals surface area (Å²) in [6.07, 6.45) is 0.773. The number of hydrogen-bond donors (Lipinski definition) is 2. The second-order valence-electron chi connectivity index (χ2n) is 6.14. The Hall–Kier alpha value is -2.33. The highest BCUT2D eigenvalue weighted by molar-refractivity contribution is 8.26. The van der Waals surface area contributed by atoms with Gasteiger partial charge in [0.15, 0.2) is 0 Å². The zero-order valence-electron chi connectivity index (χ0n) is 15.0. The third kappa shape index (κ3) is 4.70. The van der Waals surface area contributed by atoms with E-state index < -0.39 is 30.3 Å². The van der Waals surface area contributed by atoms with Crippen LogP contribution in [0.5, 0.6) is 0 Å². The average Bonchev–Trinajstić information content (AvgIpc) is 3.23. The van der Waals surface area contributed by atoms with Gasteiger partial charge < -0.3 is 14.6 Å². The minimum Gasteiger partial charge on any atom is -0.481 e. The van der Waals surface area contributed by atoms with Crippen molar-refractivity contribution in [1.82, 2.24) is 4.90 Å². The predicted octanol–water partition coefficient (Wildman–Crippen LogP) is 4.77. The third-order valence-corrected chi connectivity index (χ3v) is 6.32. The summed E-state index contributed by atoms with van der Waals surface area (Å²) in [6, 6.07) is 7.02. The molecule has 0 aliphatic carbocycles. The van der Waals surface area contributed by atoms with E-state index in [4.69, 9.17) is 44.9 Å². The molecule has 2 N–H and O–H groups in total. The Morgan fingerprint density at radius 2 is 1.97 bits per heavy atom. The quantitative estimate of drug-likeness (QED) is 0.426. The van der Waals surface area contributed by atoms with E-state index in [1.54, 1.807) is 30.3 Å². The smallest absolute Gasteiger partial charge is 0.326 e. The lowest BCUT2D eigenvalue weighted by Gasteiger charge is -2.22. The fraction of sp³-hybridized carbons (Fsp3) is 0.158. The van der Waals surface area contributed by atoms with Crippen LogP contribution in [0.15, 0.2) is 39.7 Å². The van der Waals surface area contributed by atoms with Crippen molar-refractivity contribution in [2.24, 2.45) is 0 Å². The van der Waals surface area contributed by atoms with Gasteiger partial charge in [0.2, 0.25) is 0 Å². The number of carboxylic acid groups (broad SMARTS) is 2. The van der Waals surface area contributed by atoms with Crippen LogP contribution in [0.3, 0.4) is 0 Å². The summed E-state index contributed by atoms with van der Waals surface area (Å²) in [7, 11) is 0. The van der Waals surface area contributed by atoms with E-state index in [1.165, 1.54) is 6.08 Å². The van der Waals surface area contributed by atoms with Gasteiger partial charge >= 0.3 is 11.9 Å². The first-order chi connectivity index (χ1) is 14.2. The second-order valence-corrected chi connectivity index (χ2v) is 8.60. The number of carboxylic acids is 2. The summed E-state index contributed by atoms with van der Waals surface area (Å²) in [5.41, 5.74) is 0.580. The molecule has 0 radical (unpaired) electrons. The van der Waals surface area contributed by atoms with E-state index >= 15 is 0 Å². The number of amides is 1. The van der Waals surface area contributed by atoms with Gasteiger partial charge in [0.05, 0.1) is 15.0 Å². The van der Waals surface area contributed by atoms with Gasteiger partial charge in [-0.1, -0.05) is 53.2 Å². The number of furan rings is 1. The maximum atomic E-state index is 12.7. The number of rotatable bonds is 7. The molecule has 2 aromatic rings. The van der Waals surface area contributed by atoms with Crippen LogP contribution in [0.4, 0.5) is 0 Å². The maximum Gasteiger partial charge on any atom is 0.326 e. The van der Waals surface area contributed by atoms with Gasteiger partial charge in [-0.05, 0) is 30.7 Å². The van der Waals surface area contributed by atoms with Gasteiger partial charge in [-0.15, -0.1) is 0 Å². The fourth-order valence-corrected chi connectivity index (χ4v) is 4.50. The number of benzene rings is 1. The topological polar surface area (TPSA) is 108 Å². The van der Waals surface area contributed by atoms with Crippen molar-refractivity contribution < 1.29 is 29.0 Å². The molecule has 3 rings (SSSR count). The fourth-order valence-electron chi connectivity index (χ4n) is 2.77. The molecule has 0 saturated carbocycles. The lowest BCUT2D eigenvalue weighted by molar-refractivity contribution is -0.146. The summed E-state index contributed by atoms with van der Waals surface area (Å²) in [5, 5.41) is 18.9. The standard InChI is InChI=1S/C19H13Cl2NO6S2/c20-11-3-1-2-10(16(11)21)13-6-4-9(28-13)8-14-17(25)22(19(29)30-14)12(18(26)27)5-7-15(23)24/h1-4,6,8,12H,5,7H2,(H,23,24)(H,26,27)/b14-8-/t12-/m1/s1. The van der Waals surface area contributed by atoms with Gasteiger partial charge in [-0.2, -0.15) is 0 Å². The lowest BCUT2D eigenvalue weighted by atomic mass is 10.1. The van der Waals surface area contributed by atoms with Crippen LogP contribution >= 0.6 is 47.2 Å². The Morgan fingerprint density at radius 3 is 2.63 bits per heavy atom. The molecule has 30 heavy (non-hydrogen) atoms. The Kier molecular flexibility index (Phi) is 6.87. The summed E-state index contributed by atoms with van der Waals surface area (Å²) < 4.78 is 5.77. The molecular weight excluding hydrogens is 473 g/mol. The zero-order valence-corrected chi connectivity index (χ0v) is 18.1. The van der Waals surface area contributed by atoms with E-state index in [1.807, 2.05) is 0 Å². The molecule has 11 heteroatoms. The highest BCUT2D eigenvalue weighted by Crippen LogP contribution is 2.37. The Bertz CT molecular complexity index is 1080. The van der Waals surface area contributed by atoms with Crippen LogP contribution < -0.4 is 0 Å². The van der Waals surface area contributed by atoms with Crippen molar-refractivity contribution in [2.45, 2.75) is 18.9 Å². The van der Waals surface area contributed by atoms with Crippen molar-refractivity contribution >= 4 is 75.4 Å². The van der Waals surface area contributed by atoms with Crippen molar-refractivity contribution in [3.63, 3.8) is 0 Å². The zero-order chi connectivity index (χ0) is 22.0. The van der Waals surface area contributed by atoms with Gasteiger partial charge in [0.1, 0.15) is 21.9 Å². The molecular formula is C19H13Cl2NO6S2. The molecule has 0 spiro atoms. The van der Waals surface area contributed by atoms with Crippen molar-refractivity contribution in [2.75, 3.05) is 0 Å². The van der Waals surface area contributed by atoms with Crippen molar-refractivity contribution in [1.29, 1.82) is 0 Å². The molecule has 1 aromatic heterocycles. The first-order valence-corrected chi connectivity index (χ1v) is 10.4. The Morgan fingerprint density at radius 1 is 1.23 bits per heavy atom. The van der Waals surface area contributed by atoms with Crippen molar-refractivity contribution in [3.8, 4) is 11.3 Å². The minimum absolute atomic E-state index is 0.0358. The molecule has 1 aliphatic rings. The highest BCUT2D eigenvalue weighted by Gasteiger charge is 2.40. The molecule has 0 unspecified atom stereocenters. The highest BCUT2D eigenvalue weighted by atomic mass is 35.5. The number of carbonyl (C=O) groups is 3. The molecule has 156 valence electrons. The number of halogens is 2. The lowest BCUT2D eigenvalue weighted by Crippen LogP contribution is -2.44. The SMILES string of the molecule is O=C(O)CC[C@H](C(=O)O)N1C(=O)/C(=C/c2ccc(-c3cccc(Cl)c3Cl)o2)SC1=S. The summed E-state index contributed by atoms with van der Waals surface area (Å²) in [5.74, 6) is -2.34. The van der Waals surface area contributed by atoms with Crippen molar-refractivity contribution in [3.05, 3.63) is 51.0 Å². The number of thiocarbonyl (C=S) groups is 1. The molecule has 1 fully saturated rings. The maximum absolute atomic E-state index is 12.7. The Labute approximate surface area is 190 Å². The van der Waals surface area contributed by atoms with Gasteiger partial charge in [-0.25, -0.2) is 4.79 Å². The summed E-state index contributed by atoms with van der Waals surface area (Å²) >= 11 is 18.3. The average molecular weight is 486 g/mol. The number of hydrogen-bond acceptors (Lipinski definition) is 6. The number of aliphatic carboxylic acids is 2. The Balaban J connectivity index is 1.85. The minimum atomic E-state index is -1.36. The molecule has 1 atom stereocenters. The van der Waals surface area contributed by atoms with Gasteiger partial charge in [-0.3, -0.25) is 14.5 Å². The monoisotopic (exact) mass is 485 g/mol. The number of thioether (sulfide) groups is 1. The van der Waals surface area contributed by atoms with Crippen LogP contribution in [0.1, 0.15) is 18.6 Å². The normalized spacial score (nSPS) is 16.3. The van der Waals surface area contributed by atoms with E-state index in [2.05, 4.69) is 0 Å². The van der Waals surface area contributed by atoms with E-state index in [0.717, 1.165) is 16.7 Å². The molecule has 0 bridgehead atoms. The van der Waals surface area contributed by atoms with Gasteiger partial charge in [0, 0.05) is 18.1 Å². The molecule has 1 amide bonds. The summed E-state index contributed by atoms with van der Waals surface area (Å²) in [6.45, 7) is 0. The molecule has 1 aromatic carbocycles. The van der Waals surface area contributed by atoms with E-state index in [0.29, 0.717) is 27.1 Å². The summed E-state index contributed by atoms with van der Waals surface area (Å²) in [4.78, 5) is 36.2. The van der Waals surface area contributed by atoms with Crippen LogP contribution in [-0.4, -0.2) is 43.3 Å². The van der Waals surface area contributed by atoms with Crippen LogP contribution in [0.2, 0.25) is 10.0 Å². The number of nitrogens with zero attached hydrogens (tertiary/aromatic N) is 1. The number of carbonyl (C=O) groups excluding carboxylic acids is 1. The largest absolute Gasteiger partial charge is 0.481 e. The molecule has 7 nitrogen and oxygen atoms in total. The first kappa shape index (κ1) is 22.4. The van der Waals surface area contributed by atoms with E-state index in [-0.39, 0.29) is 15.6 Å². The molecule has 1 aliphatic heterocycles. The predicted molar refractivity (Wildman–Crippen MR) is 117 cm³/mol. The van der Waals surface area contributed by atoms with Crippen LogP contribution in [0, 0.1) is 0 Å². The third-order valence-electron chi connectivity index (χ3n) is 4.17. The van der Waals surface area contributed by atoms with E-state index in [9.17, 15) is 19.5 Å². The molecule has 2 heterocycles. The first-order valence-electron chi connectivity index (χ1n) is 8.45. The van der Waals surface area contributed by atoms with Crippen LogP contribution in [0.25, 0.3) is 17.4 Å². The second kappa shape index (κ2) is 9.22. The molecule has 1 saturated heterocycles.